The van der Waals surface area contributed by atoms with Gasteiger partial charge in [-0.1, -0.05) is 0 Å². The molecule has 0 amide bonds. The Hall–Kier alpha value is -1.56. The minimum absolute atomic E-state index is 0.248. The molecule has 0 saturated carbocycles. The summed E-state index contributed by atoms with van der Waals surface area (Å²) in [5, 5.41) is 8.85. The minimum atomic E-state index is -1.38. The highest BCUT2D eigenvalue weighted by atomic mass is 16.5. The number of hydrogen-bond donors (Lipinski definition) is 3. The van der Waals surface area contributed by atoms with Crippen LogP contribution >= 0.6 is 0 Å². The average Bonchev–Trinajstić information content (AvgIpc) is 2.54. The first-order valence-corrected chi connectivity index (χ1v) is 3.61. The van der Waals surface area contributed by atoms with E-state index in [0.717, 1.165) is 0 Å². The van der Waals surface area contributed by atoms with Crippen molar-refractivity contribution in [3.8, 4) is 0 Å². The highest BCUT2D eigenvalue weighted by Gasteiger charge is 2.40. The molecule has 0 aromatic carbocycles. The van der Waals surface area contributed by atoms with Crippen LogP contribution in [0.4, 0.5) is 0 Å². The molecule has 3 N–H and O–H groups in total. The van der Waals surface area contributed by atoms with Gasteiger partial charge in [-0.3, -0.25) is 4.79 Å². The zero-order chi connectivity index (χ0) is 9.90. The fourth-order valence-corrected chi connectivity index (χ4v) is 0.999. The molecule has 72 valence electrons. The fraction of sp³-hybridized carbons (Fsp3) is 0.429. The predicted molar refractivity (Wildman–Crippen MR) is 42.4 cm³/mol. The molecule has 1 aliphatic rings. The zero-order valence-electron chi connectivity index (χ0n) is 7.03. The summed E-state index contributed by atoms with van der Waals surface area (Å²) in [5.74, 6) is -1.71. The van der Waals surface area contributed by atoms with Crippen LogP contribution in [-0.4, -0.2) is 29.7 Å². The molecule has 0 aliphatic carbocycles. The molecular formula is C7H10N2O4. The Morgan fingerprint density at radius 1 is 1.62 bits per heavy atom. The Morgan fingerprint density at radius 3 is 2.69 bits per heavy atom. The summed E-state index contributed by atoms with van der Waals surface area (Å²) in [7, 11) is 1.21. The molecule has 0 aromatic heterocycles. The van der Waals surface area contributed by atoms with E-state index in [0.29, 0.717) is 0 Å². The molecule has 13 heavy (non-hydrogen) atoms. The molecule has 0 fully saturated rings. The van der Waals surface area contributed by atoms with Gasteiger partial charge in [-0.15, -0.1) is 0 Å². The third-order valence-electron chi connectivity index (χ3n) is 1.78. The molecule has 1 unspecified atom stereocenters. The van der Waals surface area contributed by atoms with E-state index in [1.165, 1.54) is 19.4 Å². The zero-order valence-corrected chi connectivity index (χ0v) is 7.03. The molecule has 6 nitrogen and oxygen atoms in total. The third-order valence-corrected chi connectivity index (χ3v) is 1.78. The van der Waals surface area contributed by atoms with Crippen molar-refractivity contribution in [2.45, 2.75) is 12.0 Å². The van der Waals surface area contributed by atoms with E-state index in [9.17, 15) is 9.59 Å². The lowest BCUT2D eigenvalue weighted by atomic mass is 9.97. The number of methoxy groups -OCH3 is 1. The van der Waals surface area contributed by atoms with Crippen molar-refractivity contribution >= 4 is 11.9 Å². The van der Waals surface area contributed by atoms with Crippen molar-refractivity contribution in [2.75, 3.05) is 7.11 Å². The van der Waals surface area contributed by atoms with Crippen molar-refractivity contribution < 1.29 is 19.4 Å². The van der Waals surface area contributed by atoms with E-state index in [1.807, 2.05) is 0 Å². The standard InChI is InChI=1S/C7H10N2O4/c1-13-5(10)4-7(6(11)12)2-3-8-9-7/h2-3,8-9H,4H2,1H3,(H,11,12). The summed E-state index contributed by atoms with van der Waals surface area (Å²) in [4.78, 5) is 21.7. The molecule has 6 heteroatoms. The van der Waals surface area contributed by atoms with Crippen LogP contribution in [0.3, 0.4) is 0 Å². The topological polar surface area (TPSA) is 87.7 Å². The quantitative estimate of drug-likeness (QED) is 0.490. The lowest BCUT2D eigenvalue weighted by molar-refractivity contribution is -0.150. The number of aliphatic carboxylic acids is 1. The second-order valence-electron chi connectivity index (χ2n) is 2.63. The van der Waals surface area contributed by atoms with Crippen molar-refractivity contribution in [1.29, 1.82) is 0 Å². The average molecular weight is 186 g/mol. The molecule has 0 bridgehead atoms. The van der Waals surface area contributed by atoms with Crippen LogP contribution in [0.2, 0.25) is 0 Å². The Morgan fingerprint density at radius 2 is 2.31 bits per heavy atom. The van der Waals surface area contributed by atoms with Crippen LogP contribution in [-0.2, 0) is 14.3 Å². The highest BCUT2D eigenvalue weighted by molar-refractivity contribution is 5.88. The number of carboxylic acids is 1. The molecule has 0 radical (unpaired) electrons. The number of carboxylic acid groups (broad SMARTS) is 1. The van der Waals surface area contributed by atoms with Crippen LogP contribution in [0.15, 0.2) is 12.3 Å². The Labute approximate surface area is 74.5 Å². The van der Waals surface area contributed by atoms with Gasteiger partial charge >= 0.3 is 11.9 Å². The molecule has 0 aromatic rings. The van der Waals surface area contributed by atoms with Gasteiger partial charge in [-0.2, -0.15) is 0 Å². The van der Waals surface area contributed by atoms with Crippen LogP contribution in [0.25, 0.3) is 0 Å². The van der Waals surface area contributed by atoms with Gasteiger partial charge in [0.1, 0.15) is 0 Å². The summed E-state index contributed by atoms with van der Waals surface area (Å²) in [5.41, 5.74) is 3.60. The minimum Gasteiger partial charge on any atom is -0.480 e. The van der Waals surface area contributed by atoms with Gasteiger partial charge in [-0.25, -0.2) is 10.2 Å². The van der Waals surface area contributed by atoms with Crippen molar-refractivity contribution in [1.82, 2.24) is 10.9 Å². The molecular weight excluding hydrogens is 176 g/mol. The SMILES string of the molecule is COC(=O)CC1(C(=O)O)C=CNN1. The summed E-state index contributed by atoms with van der Waals surface area (Å²) in [6.07, 6.45) is 2.55. The van der Waals surface area contributed by atoms with Gasteiger partial charge in [0.2, 0.25) is 0 Å². The van der Waals surface area contributed by atoms with Crippen LogP contribution < -0.4 is 10.9 Å². The first kappa shape index (κ1) is 9.53. The van der Waals surface area contributed by atoms with E-state index >= 15 is 0 Å². The number of nitrogens with one attached hydrogen (secondary N) is 2. The van der Waals surface area contributed by atoms with E-state index in [2.05, 4.69) is 15.6 Å². The van der Waals surface area contributed by atoms with Crippen LogP contribution in [0.5, 0.6) is 0 Å². The monoisotopic (exact) mass is 186 g/mol. The van der Waals surface area contributed by atoms with Gasteiger partial charge in [0.15, 0.2) is 5.54 Å². The van der Waals surface area contributed by atoms with Crippen molar-refractivity contribution in [3.05, 3.63) is 12.3 Å². The predicted octanol–water partition coefficient (Wildman–Crippen LogP) is -1.01. The first-order valence-electron chi connectivity index (χ1n) is 3.61. The Bertz CT molecular complexity index is 263. The summed E-state index contributed by atoms with van der Waals surface area (Å²) < 4.78 is 4.38. The molecule has 1 aliphatic heterocycles. The summed E-state index contributed by atoms with van der Waals surface area (Å²) >= 11 is 0. The lowest BCUT2D eigenvalue weighted by Gasteiger charge is -2.20. The Balaban J connectivity index is 2.74. The number of carbonyl (C=O) groups excluding carboxylic acids is 1. The molecule has 1 heterocycles. The van der Waals surface area contributed by atoms with Crippen molar-refractivity contribution in [3.63, 3.8) is 0 Å². The maximum Gasteiger partial charge on any atom is 0.330 e. The van der Waals surface area contributed by atoms with Crippen LogP contribution in [0.1, 0.15) is 6.42 Å². The fourth-order valence-electron chi connectivity index (χ4n) is 0.999. The first-order chi connectivity index (χ1) is 6.10. The van der Waals surface area contributed by atoms with Gasteiger partial charge in [0.05, 0.1) is 13.5 Å². The van der Waals surface area contributed by atoms with E-state index in [-0.39, 0.29) is 6.42 Å². The smallest absolute Gasteiger partial charge is 0.330 e. The molecule has 1 rings (SSSR count). The van der Waals surface area contributed by atoms with E-state index in [1.54, 1.807) is 0 Å². The van der Waals surface area contributed by atoms with Gasteiger partial charge in [0.25, 0.3) is 0 Å². The van der Waals surface area contributed by atoms with E-state index in [4.69, 9.17) is 5.11 Å². The second-order valence-corrected chi connectivity index (χ2v) is 2.63. The number of ether oxygens (including phenoxy) is 1. The molecule has 1 atom stereocenters. The highest BCUT2D eigenvalue weighted by Crippen LogP contribution is 2.15. The van der Waals surface area contributed by atoms with Gasteiger partial charge in [-0.05, 0) is 6.08 Å². The maximum atomic E-state index is 10.9. The Kier molecular flexibility index (Phi) is 2.52. The number of carbonyl (C=O) groups is 2. The number of hydrogen-bond acceptors (Lipinski definition) is 5. The number of rotatable bonds is 3. The lowest BCUT2D eigenvalue weighted by Crippen LogP contribution is -2.52. The largest absolute Gasteiger partial charge is 0.480 e. The van der Waals surface area contributed by atoms with E-state index < -0.39 is 17.5 Å². The number of hydrazine groups is 1. The normalized spacial score (nSPS) is 25.3. The summed E-state index contributed by atoms with van der Waals surface area (Å²) in [6.45, 7) is 0. The third kappa shape index (κ3) is 1.78. The maximum absolute atomic E-state index is 10.9. The molecule has 0 saturated heterocycles. The van der Waals surface area contributed by atoms with Crippen molar-refractivity contribution in [2.24, 2.45) is 0 Å². The molecule has 0 spiro atoms. The summed E-state index contributed by atoms with van der Waals surface area (Å²) in [6, 6.07) is 0. The van der Waals surface area contributed by atoms with Gasteiger partial charge < -0.3 is 15.3 Å². The number of esters is 1. The van der Waals surface area contributed by atoms with Gasteiger partial charge in [0, 0.05) is 6.20 Å². The van der Waals surface area contributed by atoms with Crippen LogP contribution in [0, 0.1) is 0 Å². The second kappa shape index (κ2) is 3.44.